The highest BCUT2D eigenvalue weighted by atomic mass is 15.0. The number of nitrogens with zero attached hydrogens (tertiary/aromatic N) is 3. The topological polar surface area (TPSA) is 41.6 Å². The molecule has 2 aromatic heterocycles. The van der Waals surface area contributed by atoms with E-state index in [0.29, 0.717) is 5.56 Å². The Labute approximate surface area is 293 Å². The van der Waals surface area contributed by atoms with E-state index in [1.54, 1.807) is 0 Å². The quantitative estimate of drug-likeness (QED) is 0.179. The van der Waals surface area contributed by atoms with E-state index in [1.165, 1.54) is 76.3 Å². The number of rotatable bonds is 4. The molecule has 2 heterocycles. The SMILES string of the molecule is N#Cc1cc2ccc3cc(-c4ccc(-c5cc6ccc7cc(-c8cccnc8)cc8ccc(c5)c6c78)cc4)cc4c3c2c(c1)n4-c1ccccc1. The maximum atomic E-state index is 9.85. The first kappa shape index (κ1) is 27.9. The molecule has 9 aromatic carbocycles. The smallest absolute Gasteiger partial charge is 0.0992 e. The van der Waals surface area contributed by atoms with Gasteiger partial charge in [-0.2, -0.15) is 5.26 Å². The van der Waals surface area contributed by atoms with Gasteiger partial charge >= 0.3 is 0 Å². The molecule has 0 bridgehead atoms. The average molecular weight is 646 g/mol. The van der Waals surface area contributed by atoms with Crippen molar-refractivity contribution in [1.29, 1.82) is 5.26 Å². The summed E-state index contributed by atoms with van der Waals surface area (Å²) in [7, 11) is 0. The fourth-order valence-electron chi connectivity index (χ4n) is 8.41. The Morgan fingerprint density at radius 3 is 1.43 bits per heavy atom. The van der Waals surface area contributed by atoms with E-state index in [0.717, 1.165) is 27.7 Å². The first-order valence-corrected chi connectivity index (χ1v) is 17.2. The number of hydrogen-bond acceptors (Lipinski definition) is 2. The molecule has 0 saturated carbocycles. The minimum Gasteiger partial charge on any atom is -0.309 e. The van der Waals surface area contributed by atoms with Gasteiger partial charge in [0.2, 0.25) is 0 Å². The van der Waals surface area contributed by atoms with Gasteiger partial charge in [-0.1, -0.05) is 84.9 Å². The van der Waals surface area contributed by atoms with E-state index in [-0.39, 0.29) is 0 Å². The summed E-state index contributed by atoms with van der Waals surface area (Å²) in [6, 6.07) is 57.2. The Balaban J connectivity index is 1.03. The molecule has 0 aliphatic heterocycles. The van der Waals surface area contributed by atoms with Crippen LogP contribution in [0.5, 0.6) is 0 Å². The molecule has 3 nitrogen and oxygen atoms in total. The Morgan fingerprint density at radius 2 is 0.902 bits per heavy atom. The van der Waals surface area contributed by atoms with Crippen molar-refractivity contribution < 1.29 is 0 Å². The molecule has 11 aromatic rings. The van der Waals surface area contributed by atoms with Gasteiger partial charge in [-0.05, 0) is 138 Å². The van der Waals surface area contributed by atoms with Crippen LogP contribution in [0.25, 0.3) is 104 Å². The molecular formula is C48H27N3. The molecule has 11 rings (SSSR count). The highest BCUT2D eigenvalue weighted by Gasteiger charge is 2.19. The third-order valence-electron chi connectivity index (χ3n) is 10.7. The van der Waals surface area contributed by atoms with Gasteiger partial charge in [0.25, 0.3) is 0 Å². The zero-order chi connectivity index (χ0) is 33.6. The minimum atomic E-state index is 0.670. The van der Waals surface area contributed by atoms with Gasteiger partial charge in [0.15, 0.2) is 0 Å². The summed E-state index contributed by atoms with van der Waals surface area (Å²) in [5, 5.41) is 22.2. The van der Waals surface area contributed by atoms with Crippen LogP contribution in [0.15, 0.2) is 164 Å². The summed E-state index contributed by atoms with van der Waals surface area (Å²) in [5.41, 5.74) is 11.0. The Kier molecular flexibility index (Phi) is 5.73. The van der Waals surface area contributed by atoms with Gasteiger partial charge in [0.05, 0.1) is 22.7 Å². The van der Waals surface area contributed by atoms with Crippen molar-refractivity contribution in [1.82, 2.24) is 9.55 Å². The molecule has 0 aliphatic rings. The van der Waals surface area contributed by atoms with E-state index >= 15 is 0 Å². The second-order valence-electron chi connectivity index (χ2n) is 13.6. The normalized spacial score (nSPS) is 11.9. The van der Waals surface area contributed by atoms with Gasteiger partial charge in [-0.25, -0.2) is 0 Å². The maximum absolute atomic E-state index is 9.85. The third-order valence-corrected chi connectivity index (χ3v) is 10.7. The number of benzene rings is 9. The van der Waals surface area contributed by atoms with Crippen LogP contribution in [0.1, 0.15) is 5.56 Å². The van der Waals surface area contributed by atoms with Crippen molar-refractivity contribution in [2.45, 2.75) is 0 Å². The molecule has 51 heavy (non-hydrogen) atoms. The molecule has 0 radical (unpaired) electrons. The van der Waals surface area contributed by atoms with Crippen LogP contribution in [0.2, 0.25) is 0 Å². The number of hydrogen-bond donors (Lipinski definition) is 0. The van der Waals surface area contributed by atoms with Gasteiger partial charge < -0.3 is 4.57 Å². The molecule has 0 saturated heterocycles. The summed E-state index contributed by atoms with van der Waals surface area (Å²) in [6.07, 6.45) is 3.75. The summed E-state index contributed by atoms with van der Waals surface area (Å²) >= 11 is 0. The number of aromatic nitrogens is 2. The Bertz CT molecular complexity index is 3100. The molecule has 0 fully saturated rings. The van der Waals surface area contributed by atoms with Crippen LogP contribution in [-0.4, -0.2) is 9.55 Å². The molecular weight excluding hydrogens is 619 g/mol. The largest absolute Gasteiger partial charge is 0.309 e. The summed E-state index contributed by atoms with van der Waals surface area (Å²) < 4.78 is 2.31. The Morgan fingerprint density at radius 1 is 0.412 bits per heavy atom. The fourth-order valence-corrected chi connectivity index (χ4v) is 8.41. The molecule has 0 unspecified atom stereocenters. The highest BCUT2D eigenvalue weighted by molar-refractivity contribution is 6.26. The predicted molar refractivity (Wildman–Crippen MR) is 212 cm³/mol. The van der Waals surface area contributed by atoms with Crippen LogP contribution in [0.3, 0.4) is 0 Å². The van der Waals surface area contributed by atoms with E-state index in [2.05, 4.69) is 143 Å². The van der Waals surface area contributed by atoms with Crippen LogP contribution >= 0.6 is 0 Å². The van der Waals surface area contributed by atoms with Gasteiger partial charge in [-0.3, -0.25) is 4.98 Å². The summed E-state index contributed by atoms with van der Waals surface area (Å²) in [6.45, 7) is 0. The first-order valence-electron chi connectivity index (χ1n) is 17.2. The molecule has 0 atom stereocenters. The van der Waals surface area contributed by atoms with E-state index in [4.69, 9.17) is 0 Å². The lowest BCUT2D eigenvalue weighted by molar-refractivity contribution is 1.18. The Hall–Kier alpha value is -7.02. The maximum Gasteiger partial charge on any atom is 0.0992 e. The highest BCUT2D eigenvalue weighted by Crippen LogP contribution is 2.43. The van der Waals surface area contributed by atoms with Gasteiger partial charge in [0, 0.05) is 34.4 Å². The van der Waals surface area contributed by atoms with Crippen molar-refractivity contribution in [3.8, 4) is 45.1 Å². The monoisotopic (exact) mass is 645 g/mol. The lowest BCUT2D eigenvalue weighted by atomic mass is 9.89. The van der Waals surface area contributed by atoms with Crippen LogP contribution < -0.4 is 0 Å². The lowest BCUT2D eigenvalue weighted by Crippen LogP contribution is -1.94. The third kappa shape index (κ3) is 4.14. The fraction of sp³-hybridized carbons (Fsp3) is 0. The van der Waals surface area contributed by atoms with E-state index in [9.17, 15) is 5.26 Å². The second kappa shape index (κ2) is 10.5. The number of nitriles is 1. The predicted octanol–water partition coefficient (Wildman–Crippen LogP) is 12.5. The zero-order valence-electron chi connectivity index (χ0n) is 27.4. The van der Waals surface area contributed by atoms with Crippen LogP contribution in [0, 0.1) is 11.3 Å². The van der Waals surface area contributed by atoms with Crippen molar-refractivity contribution in [2.75, 3.05) is 0 Å². The van der Waals surface area contributed by atoms with E-state index < -0.39 is 0 Å². The van der Waals surface area contributed by atoms with Gasteiger partial charge in [-0.15, -0.1) is 0 Å². The van der Waals surface area contributed by atoms with Crippen LogP contribution in [-0.2, 0) is 0 Å². The van der Waals surface area contributed by atoms with Gasteiger partial charge in [0.1, 0.15) is 0 Å². The molecule has 0 N–H and O–H groups in total. The zero-order valence-corrected chi connectivity index (χ0v) is 27.4. The number of pyridine rings is 1. The number of para-hydroxylation sites is 1. The van der Waals surface area contributed by atoms with Crippen molar-refractivity contribution in [2.24, 2.45) is 0 Å². The van der Waals surface area contributed by atoms with Crippen molar-refractivity contribution in [3.05, 3.63) is 170 Å². The molecule has 234 valence electrons. The molecule has 0 amide bonds. The van der Waals surface area contributed by atoms with Crippen molar-refractivity contribution in [3.63, 3.8) is 0 Å². The molecule has 0 aliphatic carbocycles. The average Bonchev–Trinajstić information content (AvgIpc) is 3.53. The standard InChI is InChI=1S/C48H27N3/c49-27-29-19-32-12-17-37-25-41(26-44-48(37)47(32)43(20-29)51(44)42-6-2-1-3-7-42)31-10-8-30(9-11-31)39-21-33-13-15-35-23-40(38-5-4-18-50-28-38)24-36-16-14-34(22-39)45(33)46(35)36/h1-26,28H. The molecule has 3 heteroatoms. The second-order valence-corrected chi connectivity index (χ2v) is 13.6. The van der Waals surface area contributed by atoms with E-state index in [1.807, 2.05) is 36.7 Å². The molecule has 0 spiro atoms. The summed E-state index contributed by atoms with van der Waals surface area (Å²) in [4.78, 5) is 4.34. The lowest BCUT2D eigenvalue weighted by Gasteiger charge is -2.15. The van der Waals surface area contributed by atoms with Crippen LogP contribution in [0.4, 0.5) is 0 Å². The summed E-state index contributed by atoms with van der Waals surface area (Å²) in [5.74, 6) is 0. The minimum absolute atomic E-state index is 0.670. The van der Waals surface area contributed by atoms with Crippen molar-refractivity contribution >= 4 is 64.9 Å². The first-order chi connectivity index (χ1) is 25.2.